The molecule has 0 radical (unpaired) electrons. The van der Waals surface area contributed by atoms with E-state index in [0.717, 1.165) is 37.0 Å². The van der Waals surface area contributed by atoms with Crippen LogP contribution >= 0.6 is 22.9 Å². The van der Waals surface area contributed by atoms with Gasteiger partial charge in [0.1, 0.15) is 24.8 Å². The number of carbonyl (C=O) groups is 3. The number of Topliss-reactive ketones (excluding diaryl/α,β-unsaturated/α-hetero) is 1. The van der Waals surface area contributed by atoms with Crippen molar-refractivity contribution in [2.45, 2.75) is 55.7 Å². The molecule has 1 saturated carbocycles. The van der Waals surface area contributed by atoms with E-state index in [1.165, 1.54) is 16.2 Å². The van der Waals surface area contributed by atoms with Crippen LogP contribution in [0.25, 0.3) is 10.6 Å². The number of halogens is 1. The van der Waals surface area contributed by atoms with Crippen molar-refractivity contribution >= 4 is 40.5 Å². The predicted octanol–water partition coefficient (Wildman–Crippen LogP) is 2.67. The fourth-order valence-electron chi connectivity index (χ4n) is 5.09. The van der Waals surface area contributed by atoms with Gasteiger partial charge in [0, 0.05) is 18.9 Å². The van der Waals surface area contributed by atoms with E-state index in [1.807, 2.05) is 6.07 Å². The van der Waals surface area contributed by atoms with E-state index >= 15 is 0 Å². The van der Waals surface area contributed by atoms with Gasteiger partial charge in [0.25, 0.3) is 5.91 Å². The summed E-state index contributed by atoms with van der Waals surface area (Å²) < 4.78 is 5.53. The topological polar surface area (TPSA) is 101 Å². The van der Waals surface area contributed by atoms with Crippen LogP contribution in [0.2, 0.25) is 0 Å². The minimum Gasteiger partial charge on any atom is -0.366 e. The van der Waals surface area contributed by atoms with Gasteiger partial charge in [0.05, 0.1) is 27.0 Å². The Morgan fingerprint density at radius 1 is 1.21 bits per heavy atom. The molecule has 0 bridgehead atoms. The summed E-state index contributed by atoms with van der Waals surface area (Å²) in [5, 5.41) is 2.57. The van der Waals surface area contributed by atoms with Crippen LogP contribution in [0.3, 0.4) is 0 Å². The van der Waals surface area contributed by atoms with Gasteiger partial charge in [0.2, 0.25) is 5.91 Å². The zero-order valence-corrected chi connectivity index (χ0v) is 19.6. The molecule has 2 amide bonds. The van der Waals surface area contributed by atoms with Crippen molar-refractivity contribution in [1.82, 2.24) is 20.2 Å². The van der Waals surface area contributed by atoms with Crippen LogP contribution < -0.4 is 5.32 Å². The minimum absolute atomic E-state index is 0.0247. The SMILES string of the molecule is O=C(N[C@H](C(=O)N1C[C@H](Cl)[C@H]2OCC(=O)[C@H]21)C1CCCCC1)c1ccc(-c2cnccn2)s1. The second kappa shape index (κ2) is 9.48. The number of likely N-dealkylation sites (tertiary alicyclic amines) is 1. The highest BCUT2D eigenvalue weighted by Gasteiger charge is 2.53. The summed E-state index contributed by atoms with van der Waals surface area (Å²) in [4.78, 5) is 50.5. The van der Waals surface area contributed by atoms with Crippen LogP contribution in [0.1, 0.15) is 41.8 Å². The zero-order valence-electron chi connectivity index (χ0n) is 18.0. The van der Waals surface area contributed by atoms with Crippen molar-refractivity contribution in [3.05, 3.63) is 35.6 Å². The number of hydrogen-bond acceptors (Lipinski definition) is 7. The van der Waals surface area contributed by atoms with Crippen molar-refractivity contribution in [3.8, 4) is 10.6 Å². The van der Waals surface area contributed by atoms with Gasteiger partial charge in [-0.1, -0.05) is 19.3 Å². The number of rotatable bonds is 5. The fourth-order valence-corrected chi connectivity index (χ4v) is 6.32. The second-order valence-electron chi connectivity index (χ2n) is 8.80. The van der Waals surface area contributed by atoms with Crippen LogP contribution in [0.4, 0.5) is 0 Å². The number of nitrogens with one attached hydrogen (secondary N) is 1. The fraction of sp³-hybridized carbons (Fsp3) is 0.522. The highest BCUT2D eigenvalue weighted by atomic mass is 35.5. The number of hydrogen-bond donors (Lipinski definition) is 1. The zero-order chi connectivity index (χ0) is 22.9. The number of carbonyl (C=O) groups excluding carboxylic acids is 3. The van der Waals surface area contributed by atoms with Gasteiger partial charge < -0.3 is 15.0 Å². The number of ketones is 1. The van der Waals surface area contributed by atoms with Gasteiger partial charge in [-0.15, -0.1) is 22.9 Å². The van der Waals surface area contributed by atoms with E-state index in [-0.39, 0.29) is 36.7 Å². The summed E-state index contributed by atoms with van der Waals surface area (Å²) in [7, 11) is 0. The predicted molar refractivity (Wildman–Crippen MR) is 123 cm³/mol. The number of fused-ring (bicyclic) bond motifs is 1. The van der Waals surface area contributed by atoms with Gasteiger partial charge in [-0.2, -0.15) is 0 Å². The molecular formula is C23H25ClN4O4S. The molecule has 3 fully saturated rings. The van der Waals surface area contributed by atoms with Gasteiger partial charge in [-0.05, 0) is 30.9 Å². The Morgan fingerprint density at radius 3 is 2.79 bits per heavy atom. The van der Waals surface area contributed by atoms with E-state index in [1.54, 1.807) is 24.7 Å². The minimum atomic E-state index is -0.698. The first-order valence-corrected chi connectivity index (χ1v) is 12.5. The van der Waals surface area contributed by atoms with E-state index in [4.69, 9.17) is 16.3 Å². The number of amides is 2. The van der Waals surface area contributed by atoms with Crippen LogP contribution in [0.15, 0.2) is 30.7 Å². The Hall–Kier alpha value is -2.36. The molecule has 8 nitrogen and oxygen atoms in total. The molecule has 2 saturated heterocycles. The quantitative estimate of drug-likeness (QED) is 0.649. The maximum absolute atomic E-state index is 13.7. The molecule has 0 aromatic carbocycles. The Bertz CT molecular complexity index is 1040. The number of aromatic nitrogens is 2. The van der Waals surface area contributed by atoms with Crippen LogP contribution in [-0.4, -0.2) is 69.2 Å². The number of alkyl halides is 1. The molecule has 1 aliphatic carbocycles. The second-order valence-corrected chi connectivity index (χ2v) is 10.4. The molecule has 33 heavy (non-hydrogen) atoms. The summed E-state index contributed by atoms with van der Waals surface area (Å²) >= 11 is 7.71. The largest absolute Gasteiger partial charge is 0.366 e. The molecule has 3 aliphatic rings. The van der Waals surface area contributed by atoms with Crippen molar-refractivity contribution < 1.29 is 19.1 Å². The molecule has 174 valence electrons. The highest BCUT2D eigenvalue weighted by molar-refractivity contribution is 7.17. The molecular weight excluding hydrogens is 464 g/mol. The van der Waals surface area contributed by atoms with Crippen molar-refractivity contribution in [1.29, 1.82) is 0 Å². The molecule has 1 N–H and O–H groups in total. The lowest BCUT2D eigenvalue weighted by molar-refractivity contribution is -0.139. The standard InChI is InChI=1S/C23H25ClN4O4S/c24-14-11-28(20-16(29)12-32-21(14)20)23(31)19(13-4-2-1-3-5-13)27-22(30)18-7-6-17(33-18)15-10-25-8-9-26-15/h6-10,13-14,19-21H,1-5,11-12H2,(H,27,30)/t14-,19-,20+,21+/m0/s1. The molecule has 2 aliphatic heterocycles. The van der Waals surface area contributed by atoms with Gasteiger partial charge >= 0.3 is 0 Å². The Labute approximate surface area is 200 Å². The number of ether oxygens (including phenoxy) is 1. The molecule has 0 spiro atoms. The monoisotopic (exact) mass is 488 g/mol. The van der Waals surface area contributed by atoms with Gasteiger partial charge in [0.15, 0.2) is 5.78 Å². The Kier molecular flexibility index (Phi) is 6.44. The van der Waals surface area contributed by atoms with Crippen LogP contribution in [0, 0.1) is 5.92 Å². The highest BCUT2D eigenvalue weighted by Crippen LogP contribution is 2.34. The lowest BCUT2D eigenvalue weighted by Crippen LogP contribution is -2.55. The molecule has 4 heterocycles. The molecule has 2 aromatic rings. The average molecular weight is 489 g/mol. The van der Waals surface area contributed by atoms with Crippen molar-refractivity contribution in [2.24, 2.45) is 5.92 Å². The van der Waals surface area contributed by atoms with E-state index in [9.17, 15) is 14.4 Å². The maximum Gasteiger partial charge on any atom is 0.262 e. The number of thiophene rings is 1. The molecule has 5 rings (SSSR count). The van der Waals surface area contributed by atoms with E-state index < -0.39 is 23.6 Å². The van der Waals surface area contributed by atoms with Gasteiger partial charge in [-0.25, -0.2) is 0 Å². The summed E-state index contributed by atoms with van der Waals surface area (Å²) in [6.07, 6.45) is 9.27. The lowest BCUT2D eigenvalue weighted by Gasteiger charge is -2.34. The van der Waals surface area contributed by atoms with Crippen molar-refractivity contribution in [2.75, 3.05) is 13.2 Å². The van der Waals surface area contributed by atoms with Crippen molar-refractivity contribution in [3.63, 3.8) is 0 Å². The Morgan fingerprint density at radius 2 is 2.03 bits per heavy atom. The van der Waals surface area contributed by atoms with E-state index in [2.05, 4.69) is 15.3 Å². The third-order valence-corrected chi connectivity index (χ3v) is 8.22. The first-order valence-electron chi connectivity index (χ1n) is 11.3. The Balaban J connectivity index is 1.37. The third-order valence-electron chi connectivity index (χ3n) is 6.72. The number of nitrogens with zero attached hydrogens (tertiary/aromatic N) is 3. The van der Waals surface area contributed by atoms with Gasteiger partial charge in [-0.3, -0.25) is 24.4 Å². The summed E-state index contributed by atoms with van der Waals surface area (Å²) in [5.41, 5.74) is 0.692. The first kappa shape index (κ1) is 22.4. The summed E-state index contributed by atoms with van der Waals surface area (Å²) in [6, 6.07) is 2.21. The summed E-state index contributed by atoms with van der Waals surface area (Å²) in [6.45, 7) is 0.222. The molecule has 0 unspecified atom stereocenters. The average Bonchev–Trinajstić information content (AvgIpc) is 3.56. The first-order chi connectivity index (χ1) is 16.0. The normalized spacial score (nSPS) is 26.3. The third kappa shape index (κ3) is 4.41. The molecule has 2 aromatic heterocycles. The molecule has 10 heteroatoms. The molecule has 4 atom stereocenters. The van der Waals surface area contributed by atoms with E-state index in [0.29, 0.717) is 10.6 Å². The lowest BCUT2D eigenvalue weighted by atomic mass is 9.83. The summed E-state index contributed by atoms with van der Waals surface area (Å²) in [5.74, 6) is -0.638. The smallest absolute Gasteiger partial charge is 0.262 e. The van der Waals surface area contributed by atoms with Crippen LogP contribution in [-0.2, 0) is 14.3 Å². The maximum atomic E-state index is 13.7. The van der Waals surface area contributed by atoms with Crippen LogP contribution in [0.5, 0.6) is 0 Å².